The lowest BCUT2D eigenvalue weighted by Crippen LogP contribution is -2.12. The van der Waals surface area contributed by atoms with E-state index in [9.17, 15) is 4.79 Å². The predicted octanol–water partition coefficient (Wildman–Crippen LogP) is 2.71. The van der Waals surface area contributed by atoms with Crippen LogP contribution in [-0.4, -0.2) is 17.6 Å². The lowest BCUT2D eigenvalue weighted by molar-refractivity contribution is -0.119. The highest BCUT2D eigenvalue weighted by Crippen LogP contribution is 2.21. The van der Waals surface area contributed by atoms with E-state index in [2.05, 4.69) is 10.0 Å². The Morgan fingerprint density at radius 1 is 1.53 bits per heavy atom. The van der Waals surface area contributed by atoms with Crippen LogP contribution in [0, 0.1) is 6.57 Å². The molecule has 0 radical (unpaired) electrons. The van der Waals surface area contributed by atoms with Crippen molar-refractivity contribution >= 4 is 17.2 Å². The molecule has 1 heterocycles. The van der Waals surface area contributed by atoms with Crippen molar-refractivity contribution in [2.24, 2.45) is 5.16 Å². The summed E-state index contributed by atoms with van der Waals surface area (Å²) in [6.07, 6.45) is 0.910. The first-order chi connectivity index (χ1) is 8.19. The molecule has 17 heavy (non-hydrogen) atoms. The van der Waals surface area contributed by atoms with E-state index in [0.717, 1.165) is 11.3 Å². The first-order valence-corrected chi connectivity index (χ1v) is 5.39. The van der Waals surface area contributed by atoms with Crippen LogP contribution >= 0.6 is 0 Å². The average Bonchev–Trinajstić information content (AvgIpc) is 2.77. The number of benzene rings is 1. The van der Waals surface area contributed by atoms with Crippen molar-refractivity contribution in [1.82, 2.24) is 0 Å². The fourth-order valence-electron chi connectivity index (χ4n) is 1.76. The first-order valence-electron chi connectivity index (χ1n) is 5.39. The Hall–Kier alpha value is -2.15. The molecule has 1 aliphatic rings. The Morgan fingerprint density at radius 2 is 2.24 bits per heavy atom. The number of oxime groups is 1. The van der Waals surface area contributed by atoms with Gasteiger partial charge >= 0.3 is 0 Å². The van der Waals surface area contributed by atoms with E-state index in [-0.39, 0.29) is 11.9 Å². The van der Waals surface area contributed by atoms with Crippen molar-refractivity contribution < 1.29 is 9.63 Å². The van der Waals surface area contributed by atoms with E-state index in [1.807, 2.05) is 12.1 Å². The number of hydrogen-bond acceptors (Lipinski definition) is 3. The summed E-state index contributed by atoms with van der Waals surface area (Å²) in [6, 6.07) is 7.21. The van der Waals surface area contributed by atoms with Crippen molar-refractivity contribution in [3.05, 3.63) is 41.2 Å². The van der Waals surface area contributed by atoms with E-state index >= 15 is 0 Å². The van der Waals surface area contributed by atoms with Crippen LogP contribution in [0.3, 0.4) is 0 Å². The van der Waals surface area contributed by atoms with Crippen LogP contribution in [0.15, 0.2) is 29.4 Å². The van der Waals surface area contributed by atoms with Crippen LogP contribution in [0.25, 0.3) is 4.85 Å². The number of nitrogens with zero attached hydrogens (tertiary/aromatic N) is 2. The molecule has 0 fully saturated rings. The zero-order chi connectivity index (χ0) is 12.3. The smallest absolute Gasteiger partial charge is 0.187 e. The molecule has 2 rings (SSSR count). The van der Waals surface area contributed by atoms with Gasteiger partial charge in [-0.2, -0.15) is 0 Å². The number of rotatable bonds is 3. The molecule has 1 atom stereocenters. The highest BCUT2D eigenvalue weighted by molar-refractivity contribution is 6.01. The van der Waals surface area contributed by atoms with E-state index in [4.69, 9.17) is 11.4 Å². The maximum atomic E-state index is 11.0. The summed E-state index contributed by atoms with van der Waals surface area (Å²) in [5.74, 6) is 0.106. The molecule has 0 saturated heterocycles. The molecule has 0 bridgehead atoms. The minimum absolute atomic E-state index is 0.106. The highest BCUT2D eigenvalue weighted by atomic mass is 16.6. The molecular weight excluding hydrogens is 216 g/mol. The molecule has 1 aromatic carbocycles. The van der Waals surface area contributed by atoms with Crippen molar-refractivity contribution in [1.29, 1.82) is 0 Å². The molecular formula is C13H12N2O2. The Kier molecular flexibility index (Phi) is 3.20. The SMILES string of the molecule is [C-]#[N+]c1ccc(C2=NO[C@H](CC(C)=O)C2)cc1. The number of Topliss-reactive ketones (excluding diaryl/α,β-unsaturated/α-hetero) is 1. The maximum Gasteiger partial charge on any atom is 0.187 e. The van der Waals surface area contributed by atoms with Crippen LogP contribution in [0.4, 0.5) is 5.69 Å². The van der Waals surface area contributed by atoms with E-state index < -0.39 is 0 Å². The van der Waals surface area contributed by atoms with Crippen molar-refractivity contribution in [2.45, 2.75) is 25.9 Å². The van der Waals surface area contributed by atoms with Crippen molar-refractivity contribution in [3.8, 4) is 0 Å². The molecule has 0 aliphatic carbocycles. The normalized spacial score (nSPS) is 18.1. The zero-order valence-corrected chi connectivity index (χ0v) is 9.51. The van der Waals surface area contributed by atoms with Crippen molar-refractivity contribution in [2.75, 3.05) is 0 Å². The molecule has 0 aromatic heterocycles. The van der Waals surface area contributed by atoms with Gasteiger partial charge in [0.15, 0.2) is 5.69 Å². The average molecular weight is 228 g/mol. The monoisotopic (exact) mass is 228 g/mol. The number of hydrogen-bond donors (Lipinski definition) is 0. The van der Waals surface area contributed by atoms with Gasteiger partial charge in [0.1, 0.15) is 11.9 Å². The predicted molar refractivity (Wildman–Crippen MR) is 64.0 cm³/mol. The van der Waals surface area contributed by atoms with Gasteiger partial charge in [0.25, 0.3) is 0 Å². The summed E-state index contributed by atoms with van der Waals surface area (Å²) in [6.45, 7) is 8.41. The molecule has 1 aromatic rings. The van der Waals surface area contributed by atoms with Crippen LogP contribution in [0.5, 0.6) is 0 Å². The Balaban J connectivity index is 2.05. The van der Waals surface area contributed by atoms with E-state index in [0.29, 0.717) is 18.5 Å². The largest absolute Gasteiger partial charge is 0.391 e. The Morgan fingerprint density at radius 3 is 2.82 bits per heavy atom. The summed E-state index contributed by atoms with van der Waals surface area (Å²) in [4.78, 5) is 19.5. The minimum atomic E-state index is -0.136. The van der Waals surface area contributed by atoms with Crippen LogP contribution < -0.4 is 0 Å². The fraction of sp³-hybridized carbons (Fsp3) is 0.308. The lowest BCUT2D eigenvalue weighted by Gasteiger charge is -2.04. The first kappa shape index (κ1) is 11.3. The second-order valence-corrected chi connectivity index (χ2v) is 4.03. The second-order valence-electron chi connectivity index (χ2n) is 4.03. The van der Waals surface area contributed by atoms with Crippen LogP contribution in [-0.2, 0) is 9.63 Å². The third kappa shape index (κ3) is 2.70. The van der Waals surface area contributed by atoms with Crippen LogP contribution in [0.2, 0.25) is 0 Å². The highest BCUT2D eigenvalue weighted by Gasteiger charge is 2.23. The minimum Gasteiger partial charge on any atom is -0.391 e. The molecule has 4 heteroatoms. The van der Waals surface area contributed by atoms with Gasteiger partial charge in [0.05, 0.1) is 12.3 Å². The zero-order valence-electron chi connectivity index (χ0n) is 9.51. The van der Waals surface area contributed by atoms with Gasteiger partial charge in [-0.15, -0.1) is 0 Å². The van der Waals surface area contributed by atoms with Gasteiger partial charge in [-0.1, -0.05) is 29.4 Å². The van der Waals surface area contributed by atoms with E-state index in [1.165, 1.54) is 0 Å². The van der Waals surface area contributed by atoms with Crippen molar-refractivity contribution in [3.63, 3.8) is 0 Å². The molecule has 86 valence electrons. The molecule has 0 N–H and O–H groups in total. The van der Waals surface area contributed by atoms with Gasteiger partial charge in [-0.05, 0) is 12.5 Å². The summed E-state index contributed by atoms with van der Waals surface area (Å²) in [7, 11) is 0. The molecule has 0 unspecified atom stereocenters. The van der Waals surface area contributed by atoms with Gasteiger partial charge < -0.3 is 4.84 Å². The third-order valence-corrected chi connectivity index (χ3v) is 2.58. The number of ketones is 1. The van der Waals surface area contributed by atoms with E-state index in [1.54, 1.807) is 19.1 Å². The molecule has 0 saturated carbocycles. The van der Waals surface area contributed by atoms with Gasteiger partial charge in [-0.3, -0.25) is 4.79 Å². The fourth-order valence-corrected chi connectivity index (χ4v) is 1.76. The Labute approximate surface area is 99.7 Å². The summed E-state index contributed by atoms with van der Waals surface area (Å²) >= 11 is 0. The molecule has 4 nitrogen and oxygen atoms in total. The summed E-state index contributed by atoms with van der Waals surface area (Å²) in [5, 5.41) is 3.98. The quantitative estimate of drug-likeness (QED) is 0.746. The number of carbonyl (C=O) groups excluding carboxylic acids is 1. The molecule has 0 spiro atoms. The Bertz CT molecular complexity index is 497. The molecule has 1 aliphatic heterocycles. The van der Waals surface area contributed by atoms with Gasteiger partial charge in [-0.25, -0.2) is 4.85 Å². The topological polar surface area (TPSA) is 43.0 Å². The second kappa shape index (κ2) is 4.79. The standard InChI is InChI=1S/C13H12N2O2/c1-9(16)7-12-8-13(15-17-12)10-3-5-11(14-2)6-4-10/h3-6,12H,7-8H2,1H3/t12-/m1/s1. The van der Waals surface area contributed by atoms with Crippen LogP contribution in [0.1, 0.15) is 25.3 Å². The lowest BCUT2D eigenvalue weighted by atomic mass is 10.0. The maximum absolute atomic E-state index is 11.0. The molecule has 0 amide bonds. The third-order valence-electron chi connectivity index (χ3n) is 2.58. The van der Waals surface area contributed by atoms with Gasteiger partial charge in [0.2, 0.25) is 0 Å². The summed E-state index contributed by atoms with van der Waals surface area (Å²) in [5.41, 5.74) is 2.39. The van der Waals surface area contributed by atoms with Gasteiger partial charge in [0, 0.05) is 12.8 Å². The summed E-state index contributed by atoms with van der Waals surface area (Å²) < 4.78 is 0. The number of carbonyl (C=O) groups is 1.